The highest BCUT2D eigenvalue weighted by Gasteiger charge is 2.32. The van der Waals surface area contributed by atoms with Crippen molar-refractivity contribution in [2.24, 2.45) is 0 Å². The maximum absolute atomic E-state index is 13.1. The minimum absolute atomic E-state index is 0.0520. The molecule has 1 saturated heterocycles. The van der Waals surface area contributed by atoms with Crippen LogP contribution in [0, 0.1) is 0 Å². The maximum atomic E-state index is 13.1. The van der Waals surface area contributed by atoms with Gasteiger partial charge in [0.1, 0.15) is 6.04 Å². The monoisotopic (exact) mass is 439 g/mol. The number of nitrogens with zero attached hydrogens (tertiary/aromatic N) is 1. The minimum Gasteiger partial charge on any atom is -0.323 e. The smallest absolute Gasteiger partial charge is 0.323 e. The van der Waals surface area contributed by atoms with E-state index >= 15 is 0 Å². The molecule has 2 aromatic rings. The minimum atomic E-state index is -4.52. The van der Waals surface area contributed by atoms with Crippen molar-refractivity contribution in [3.05, 3.63) is 64.7 Å². The van der Waals surface area contributed by atoms with Crippen LogP contribution in [-0.4, -0.2) is 36.5 Å². The molecule has 0 aliphatic carbocycles. The quantitative estimate of drug-likeness (QED) is 0.630. The Bertz CT molecular complexity index is 860. The van der Waals surface area contributed by atoms with Crippen LogP contribution in [0.3, 0.4) is 0 Å². The van der Waals surface area contributed by atoms with Crippen molar-refractivity contribution in [2.45, 2.75) is 38.0 Å². The van der Waals surface area contributed by atoms with Crippen LogP contribution in [0.2, 0.25) is 5.02 Å². The van der Waals surface area contributed by atoms with Crippen LogP contribution in [0.15, 0.2) is 48.5 Å². The molecule has 1 fully saturated rings. The summed E-state index contributed by atoms with van der Waals surface area (Å²) in [5.41, 5.74) is -0.189. The molecule has 2 aromatic carbocycles. The first-order valence-corrected chi connectivity index (χ1v) is 10.4. The highest BCUT2D eigenvalue weighted by Crippen LogP contribution is 2.34. The molecule has 162 valence electrons. The number of halogens is 4. The summed E-state index contributed by atoms with van der Waals surface area (Å²) >= 11 is 6.05. The van der Waals surface area contributed by atoms with Gasteiger partial charge in [-0.05, 0) is 49.7 Å². The zero-order valence-corrected chi connectivity index (χ0v) is 17.4. The number of hydrogen-bond donors (Lipinski definition) is 2. The van der Waals surface area contributed by atoms with Gasteiger partial charge in [0.2, 0.25) is 5.91 Å². The number of anilines is 1. The predicted molar refractivity (Wildman–Crippen MR) is 113 cm³/mol. The number of nitrogens with one attached hydrogen (secondary N) is 2. The number of likely N-dealkylation sites (tertiary alicyclic amines) is 1. The van der Waals surface area contributed by atoms with Gasteiger partial charge in [0.05, 0.1) is 16.3 Å². The first kappa shape index (κ1) is 22.6. The molecule has 0 unspecified atom stereocenters. The van der Waals surface area contributed by atoms with Crippen molar-refractivity contribution in [1.29, 1.82) is 0 Å². The molecule has 2 N–H and O–H groups in total. The molecule has 30 heavy (non-hydrogen) atoms. The second-order valence-corrected chi connectivity index (χ2v) is 7.77. The van der Waals surface area contributed by atoms with E-state index in [1.54, 1.807) is 0 Å². The summed E-state index contributed by atoms with van der Waals surface area (Å²) in [6.07, 6.45) is -2.36. The van der Waals surface area contributed by atoms with E-state index in [0.29, 0.717) is 12.6 Å². The lowest BCUT2D eigenvalue weighted by Gasteiger charge is -2.26. The Morgan fingerprint density at radius 3 is 2.63 bits per heavy atom. The molecule has 4 nitrogen and oxygen atoms in total. The van der Waals surface area contributed by atoms with Crippen LogP contribution in [0.1, 0.15) is 36.9 Å². The van der Waals surface area contributed by atoms with Gasteiger partial charge < -0.3 is 10.6 Å². The number of likely N-dealkylation sites (N-methyl/N-ethyl adjacent to an activating group) is 1. The molecule has 1 aliphatic rings. The van der Waals surface area contributed by atoms with E-state index in [2.05, 4.69) is 22.5 Å². The van der Waals surface area contributed by atoms with E-state index in [0.717, 1.165) is 49.7 Å². The fourth-order valence-electron chi connectivity index (χ4n) is 3.81. The molecule has 2 atom stereocenters. The first-order chi connectivity index (χ1) is 14.3. The van der Waals surface area contributed by atoms with Crippen LogP contribution in [0.4, 0.5) is 18.9 Å². The molecule has 8 heteroatoms. The summed E-state index contributed by atoms with van der Waals surface area (Å²) in [4.78, 5) is 15.4. The molecule has 0 saturated carbocycles. The number of alkyl halides is 3. The Kier molecular flexibility index (Phi) is 7.39. The summed E-state index contributed by atoms with van der Waals surface area (Å²) < 4.78 is 39.2. The average molecular weight is 440 g/mol. The molecule has 3 rings (SSSR count). The van der Waals surface area contributed by atoms with Crippen LogP contribution in [0.5, 0.6) is 0 Å². The summed E-state index contributed by atoms with van der Waals surface area (Å²) in [7, 11) is 0. The van der Waals surface area contributed by atoms with E-state index in [9.17, 15) is 18.0 Å². The van der Waals surface area contributed by atoms with Crippen LogP contribution in [0.25, 0.3) is 0 Å². The van der Waals surface area contributed by atoms with E-state index in [1.807, 2.05) is 30.3 Å². The lowest BCUT2D eigenvalue weighted by Crippen LogP contribution is -2.42. The van der Waals surface area contributed by atoms with Crippen molar-refractivity contribution >= 4 is 23.2 Å². The van der Waals surface area contributed by atoms with Gasteiger partial charge in [0.15, 0.2) is 0 Å². The molecule has 0 spiro atoms. The van der Waals surface area contributed by atoms with Crippen molar-refractivity contribution < 1.29 is 18.0 Å². The molecule has 0 aromatic heterocycles. The van der Waals surface area contributed by atoms with Crippen molar-refractivity contribution in [3.8, 4) is 0 Å². The van der Waals surface area contributed by atoms with Gasteiger partial charge in [-0.1, -0.05) is 48.9 Å². The predicted octanol–water partition coefficient (Wildman–Crippen LogP) is 5.11. The summed E-state index contributed by atoms with van der Waals surface area (Å²) in [6, 6.07) is 11.6. The summed E-state index contributed by atoms with van der Waals surface area (Å²) in [6.45, 7) is 4.69. The molecular weight excluding hydrogens is 415 g/mol. The maximum Gasteiger partial charge on any atom is 0.416 e. The summed E-state index contributed by atoms with van der Waals surface area (Å²) in [5, 5.41) is 5.93. The molecule has 1 amide bonds. The van der Waals surface area contributed by atoms with Crippen LogP contribution < -0.4 is 10.6 Å². The highest BCUT2D eigenvalue weighted by atomic mass is 35.5. The van der Waals surface area contributed by atoms with Gasteiger partial charge in [0.25, 0.3) is 0 Å². The zero-order chi connectivity index (χ0) is 21.7. The third-order valence-electron chi connectivity index (χ3n) is 5.41. The van der Waals surface area contributed by atoms with E-state index in [-0.39, 0.29) is 10.7 Å². The van der Waals surface area contributed by atoms with Gasteiger partial charge in [0, 0.05) is 12.6 Å². The van der Waals surface area contributed by atoms with Gasteiger partial charge in [-0.3, -0.25) is 9.69 Å². The van der Waals surface area contributed by atoms with Crippen molar-refractivity contribution in [2.75, 3.05) is 25.0 Å². The average Bonchev–Trinajstić information content (AvgIpc) is 3.17. The first-order valence-electron chi connectivity index (χ1n) is 9.99. The lowest BCUT2D eigenvalue weighted by atomic mass is 10.0. The number of amides is 1. The van der Waals surface area contributed by atoms with E-state index in [4.69, 9.17) is 11.6 Å². The number of carbonyl (C=O) groups excluding carboxylic acids is 1. The van der Waals surface area contributed by atoms with Gasteiger partial charge in [-0.2, -0.15) is 13.2 Å². The van der Waals surface area contributed by atoms with E-state index < -0.39 is 23.7 Å². The standard InChI is InChI=1S/C22H25ClF3N3O/c1-2-29-12-6-9-17(29)14-27-20(15-7-4-3-5-8-15)21(30)28-19-13-16(22(24,25)26)10-11-18(19)23/h3-5,7-8,10-11,13,17,20,27H,2,6,9,12,14H2,1H3,(H,28,30)/t17-,20+/m1/s1. The normalized spacial score (nSPS) is 18.4. The van der Waals surface area contributed by atoms with Gasteiger partial charge in [-0.15, -0.1) is 0 Å². The number of benzene rings is 2. The number of hydrogen-bond acceptors (Lipinski definition) is 3. The molecule has 0 radical (unpaired) electrons. The second kappa shape index (κ2) is 9.81. The van der Waals surface area contributed by atoms with Crippen molar-refractivity contribution in [3.63, 3.8) is 0 Å². The number of carbonyl (C=O) groups is 1. The Hall–Kier alpha value is -2.09. The third kappa shape index (κ3) is 5.53. The third-order valence-corrected chi connectivity index (χ3v) is 5.74. The number of rotatable bonds is 7. The van der Waals surface area contributed by atoms with Crippen LogP contribution in [-0.2, 0) is 11.0 Å². The lowest BCUT2D eigenvalue weighted by molar-refractivity contribution is -0.137. The fourth-order valence-corrected chi connectivity index (χ4v) is 3.97. The van der Waals surface area contributed by atoms with Gasteiger partial charge >= 0.3 is 6.18 Å². The highest BCUT2D eigenvalue weighted by molar-refractivity contribution is 6.33. The Morgan fingerprint density at radius 2 is 1.97 bits per heavy atom. The fraction of sp³-hybridized carbons (Fsp3) is 0.409. The Labute approximate surface area is 179 Å². The Morgan fingerprint density at radius 1 is 1.23 bits per heavy atom. The molecule has 1 aliphatic heterocycles. The topological polar surface area (TPSA) is 44.4 Å². The Balaban J connectivity index is 1.79. The SMILES string of the molecule is CCN1CCC[C@@H]1CN[C@H](C(=O)Nc1cc(C(F)(F)F)ccc1Cl)c1ccccc1. The molecule has 1 heterocycles. The van der Waals surface area contributed by atoms with Crippen LogP contribution >= 0.6 is 11.6 Å². The second-order valence-electron chi connectivity index (χ2n) is 7.36. The van der Waals surface area contributed by atoms with E-state index in [1.165, 1.54) is 0 Å². The largest absolute Gasteiger partial charge is 0.416 e. The zero-order valence-electron chi connectivity index (χ0n) is 16.7. The summed E-state index contributed by atoms with van der Waals surface area (Å²) in [5.74, 6) is -0.455. The molecular formula is C22H25ClF3N3O. The molecule has 0 bridgehead atoms. The van der Waals surface area contributed by atoms with Gasteiger partial charge in [-0.25, -0.2) is 0 Å². The van der Waals surface area contributed by atoms with Crippen molar-refractivity contribution in [1.82, 2.24) is 10.2 Å².